The van der Waals surface area contributed by atoms with Crippen molar-refractivity contribution in [3.63, 3.8) is 0 Å². The highest BCUT2D eigenvalue weighted by atomic mass is 14.5. The van der Waals surface area contributed by atoms with Gasteiger partial charge in [-0.05, 0) is 82.7 Å². The second-order valence-electron chi connectivity index (χ2n) is 14.7. The lowest BCUT2D eigenvalue weighted by Crippen LogP contribution is -2.32. The molecule has 0 radical (unpaired) electrons. The monoisotopic (exact) mass is 536 g/mol. The zero-order chi connectivity index (χ0) is 29.1. The van der Waals surface area contributed by atoms with Crippen LogP contribution in [0.3, 0.4) is 0 Å². The Labute approximate surface area is 247 Å². The molecule has 0 saturated carbocycles. The molecule has 0 N–H and O–H groups in total. The molecule has 4 rings (SSSR count). The minimum Gasteiger partial charge on any atom is -0.103 e. The van der Waals surface area contributed by atoms with E-state index in [1.54, 1.807) is 22.3 Å². The van der Waals surface area contributed by atoms with Crippen LogP contribution in [0.25, 0.3) is 11.1 Å². The lowest BCUT2D eigenvalue weighted by Gasteiger charge is -2.43. The van der Waals surface area contributed by atoms with Crippen LogP contribution in [0.5, 0.6) is 0 Å². The molecule has 0 fully saturated rings. The van der Waals surface area contributed by atoms with Crippen LogP contribution in [-0.4, -0.2) is 0 Å². The molecule has 0 heterocycles. The Kier molecular flexibility index (Phi) is 9.38. The van der Waals surface area contributed by atoms with E-state index in [0.29, 0.717) is 5.92 Å². The van der Waals surface area contributed by atoms with Crippen molar-refractivity contribution in [3.05, 3.63) is 94.6 Å². The Bertz CT molecular complexity index is 1180. The third-order valence-corrected chi connectivity index (χ3v) is 9.71. The summed E-state index contributed by atoms with van der Waals surface area (Å²) in [6, 6.07) is 14.9. The van der Waals surface area contributed by atoms with Crippen LogP contribution < -0.4 is 0 Å². The molecule has 0 spiro atoms. The summed E-state index contributed by atoms with van der Waals surface area (Å²) in [4.78, 5) is 0. The average Bonchev–Trinajstić information content (AvgIpc) is 3.51. The van der Waals surface area contributed by atoms with Crippen molar-refractivity contribution >= 4 is 0 Å². The number of benzene rings is 2. The van der Waals surface area contributed by atoms with Gasteiger partial charge >= 0.3 is 0 Å². The van der Waals surface area contributed by atoms with E-state index in [2.05, 4.69) is 117 Å². The van der Waals surface area contributed by atoms with Gasteiger partial charge in [0.05, 0.1) is 0 Å². The number of rotatable bonds is 12. The van der Waals surface area contributed by atoms with E-state index in [1.165, 1.54) is 73.6 Å². The lowest BCUT2D eigenvalue weighted by molar-refractivity contribution is 0.245. The van der Waals surface area contributed by atoms with Crippen LogP contribution >= 0.6 is 0 Å². The maximum absolute atomic E-state index is 3.96. The number of hydrogen-bond acceptors (Lipinski definition) is 0. The van der Waals surface area contributed by atoms with Gasteiger partial charge in [0, 0.05) is 11.3 Å². The van der Waals surface area contributed by atoms with Crippen LogP contribution in [0.2, 0.25) is 0 Å². The second kappa shape index (κ2) is 12.3. The molecule has 2 aliphatic carbocycles. The number of allylic oxidation sites excluding steroid dienone is 5. The van der Waals surface area contributed by atoms with Gasteiger partial charge < -0.3 is 0 Å². The van der Waals surface area contributed by atoms with Crippen molar-refractivity contribution < 1.29 is 0 Å². The molecule has 0 unspecified atom stereocenters. The molecule has 0 heteroatoms. The molecule has 216 valence electrons. The maximum atomic E-state index is 3.96. The van der Waals surface area contributed by atoms with Gasteiger partial charge in [-0.1, -0.05) is 147 Å². The summed E-state index contributed by atoms with van der Waals surface area (Å²) < 4.78 is 0. The van der Waals surface area contributed by atoms with E-state index in [4.69, 9.17) is 0 Å². The van der Waals surface area contributed by atoms with Gasteiger partial charge in [0.25, 0.3) is 0 Å². The zero-order valence-electron chi connectivity index (χ0n) is 27.1. The fraction of sp³-hybridized carbons (Fsp3) is 0.550. The topological polar surface area (TPSA) is 0 Å². The van der Waals surface area contributed by atoms with E-state index < -0.39 is 0 Å². The molecule has 0 amide bonds. The third-order valence-electron chi connectivity index (χ3n) is 9.71. The molecule has 2 aromatic carbocycles. The highest BCUT2D eigenvalue weighted by Gasteiger charge is 2.47. The van der Waals surface area contributed by atoms with Crippen molar-refractivity contribution in [2.45, 2.75) is 136 Å². The van der Waals surface area contributed by atoms with Gasteiger partial charge in [-0.2, -0.15) is 0 Å². The van der Waals surface area contributed by atoms with E-state index in [1.807, 2.05) is 0 Å². The van der Waals surface area contributed by atoms with Crippen LogP contribution in [0, 0.1) is 5.41 Å². The summed E-state index contributed by atoms with van der Waals surface area (Å²) in [6.45, 7) is 22.9. The minimum atomic E-state index is 0.132. The summed E-state index contributed by atoms with van der Waals surface area (Å²) in [5, 5.41) is 0. The minimum absolute atomic E-state index is 0.132. The quantitative estimate of drug-likeness (QED) is 0.187. The van der Waals surface area contributed by atoms with Crippen LogP contribution in [0.1, 0.15) is 148 Å². The molecule has 0 bridgehead atoms. The molecule has 0 saturated heterocycles. The summed E-state index contributed by atoms with van der Waals surface area (Å²) >= 11 is 0. The van der Waals surface area contributed by atoms with Crippen molar-refractivity contribution in [2.75, 3.05) is 0 Å². The van der Waals surface area contributed by atoms with E-state index in [0.717, 1.165) is 12.8 Å². The molecule has 0 atom stereocenters. The number of unbranched alkanes of at least 4 members (excludes halogenated alkanes) is 3. The fourth-order valence-corrected chi connectivity index (χ4v) is 7.25. The molecule has 40 heavy (non-hydrogen) atoms. The smallest absolute Gasteiger partial charge is 0.0196 e. The van der Waals surface area contributed by atoms with Crippen molar-refractivity contribution in [2.24, 2.45) is 5.41 Å². The average molecular weight is 537 g/mol. The lowest BCUT2D eigenvalue weighted by atomic mass is 9.60. The van der Waals surface area contributed by atoms with Gasteiger partial charge in [0.15, 0.2) is 0 Å². The highest BCUT2D eigenvalue weighted by Crippen LogP contribution is 2.61. The Morgan fingerprint density at radius 2 is 1.30 bits per heavy atom. The molecule has 0 aromatic heterocycles. The first-order chi connectivity index (χ1) is 19.0. The second-order valence-corrected chi connectivity index (χ2v) is 14.7. The molecule has 2 aliphatic rings. The molecule has 0 aliphatic heterocycles. The number of fused-ring (bicyclic) bond motifs is 3. The predicted octanol–water partition coefficient (Wildman–Crippen LogP) is 12.4. The maximum Gasteiger partial charge on any atom is 0.0196 e. The third kappa shape index (κ3) is 6.12. The summed E-state index contributed by atoms with van der Waals surface area (Å²) in [6.07, 6.45) is 19.5. The molecular formula is C40H56. The standard InChI is InChI=1S/C40H56/c1-10-13-16-17-29-18-19-32(26-29)40(24-14-11-2,25-15-12-3)37-35-27-30(38(4,5)6)20-22-33(35)34-23-21-31(28-36(34)37)39(7,8)9/h10,18,20-23,26-28,37H,1,11-17,19,24-25H2,2-9H3. The fourth-order valence-electron chi connectivity index (χ4n) is 7.25. The van der Waals surface area contributed by atoms with Gasteiger partial charge in [-0.3, -0.25) is 0 Å². The Balaban J connectivity index is 1.96. The first kappa shape index (κ1) is 30.6. The first-order valence-electron chi connectivity index (χ1n) is 16.3. The first-order valence-corrected chi connectivity index (χ1v) is 16.3. The van der Waals surface area contributed by atoms with E-state index >= 15 is 0 Å². The number of hydrogen-bond donors (Lipinski definition) is 0. The van der Waals surface area contributed by atoms with Crippen molar-refractivity contribution in [3.8, 4) is 11.1 Å². The van der Waals surface area contributed by atoms with Gasteiger partial charge in [-0.15, -0.1) is 6.58 Å². The Morgan fingerprint density at radius 3 is 1.75 bits per heavy atom. The largest absolute Gasteiger partial charge is 0.103 e. The predicted molar refractivity (Wildman–Crippen MR) is 177 cm³/mol. The van der Waals surface area contributed by atoms with E-state index in [-0.39, 0.29) is 16.2 Å². The van der Waals surface area contributed by atoms with Crippen LogP contribution in [0.4, 0.5) is 0 Å². The molecular weight excluding hydrogens is 480 g/mol. The van der Waals surface area contributed by atoms with Crippen LogP contribution in [-0.2, 0) is 10.8 Å². The van der Waals surface area contributed by atoms with Crippen LogP contribution in [0.15, 0.2) is 72.4 Å². The van der Waals surface area contributed by atoms with E-state index in [9.17, 15) is 0 Å². The Hall–Kier alpha value is -2.34. The normalized spacial score (nSPS) is 15.6. The Morgan fingerprint density at radius 1 is 0.775 bits per heavy atom. The SMILES string of the molecule is C=CCCCC1=CCC(C(CCCC)(CCCC)C2c3cc(C(C)(C)C)ccc3-c3ccc(C(C)(C)C)cc32)=C1. The highest BCUT2D eigenvalue weighted by molar-refractivity contribution is 5.81. The zero-order valence-corrected chi connectivity index (χ0v) is 27.1. The summed E-state index contributed by atoms with van der Waals surface area (Å²) in [5.41, 5.74) is 12.7. The summed E-state index contributed by atoms with van der Waals surface area (Å²) in [7, 11) is 0. The van der Waals surface area contributed by atoms with Gasteiger partial charge in [0.1, 0.15) is 0 Å². The van der Waals surface area contributed by atoms with Gasteiger partial charge in [0.2, 0.25) is 0 Å². The molecule has 2 aromatic rings. The van der Waals surface area contributed by atoms with Crippen molar-refractivity contribution in [1.82, 2.24) is 0 Å². The van der Waals surface area contributed by atoms with Gasteiger partial charge in [-0.25, -0.2) is 0 Å². The van der Waals surface area contributed by atoms with Crippen molar-refractivity contribution in [1.29, 1.82) is 0 Å². The summed E-state index contributed by atoms with van der Waals surface area (Å²) in [5.74, 6) is 0.410. The molecule has 0 nitrogen and oxygen atoms in total.